The minimum Gasteiger partial charge on any atom is -0.342 e. The molecule has 1 heterocycles. The zero-order chi connectivity index (χ0) is 19.2. The number of nitrogens with one attached hydrogen (secondary N) is 1. The summed E-state index contributed by atoms with van der Waals surface area (Å²) in [6.07, 6.45) is 1.43. The van der Waals surface area contributed by atoms with Crippen molar-refractivity contribution >= 4 is 29.3 Å². The van der Waals surface area contributed by atoms with E-state index in [0.717, 1.165) is 10.6 Å². The lowest BCUT2D eigenvalue weighted by molar-refractivity contribution is -0.133. The number of carbonyl (C=O) groups is 2. The molecule has 1 fully saturated rings. The number of hydrogen-bond donors (Lipinski definition) is 1. The summed E-state index contributed by atoms with van der Waals surface area (Å²) in [4.78, 5) is 28.2. The first-order valence-electron chi connectivity index (χ1n) is 9.41. The van der Waals surface area contributed by atoms with Crippen LogP contribution >= 0.6 is 11.8 Å². The lowest BCUT2D eigenvalue weighted by Crippen LogP contribution is -2.44. The van der Waals surface area contributed by atoms with Crippen LogP contribution in [0.4, 0.5) is 5.69 Å². The van der Waals surface area contributed by atoms with Gasteiger partial charge in [-0.3, -0.25) is 9.59 Å². The van der Waals surface area contributed by atoms with E-state index in [2.05, 4.69) is 36.5 Å². The van der Waals surface area contributed by atoms with Crippen LogP contribution in [-0.4, -0.2) is 35.1 Å². The van der Waals surface area contributed by atoms with Crippen molar-refractivity contribution in [3.63, 3.8) is 0 Å². The molecule has 2 amide bonds. The van der Waals surface area contributed by atoms with E-state index in [0.29, 0.717) is 25.9 Å². The fraction of sp³-hybridized carbons (Fsp3) is 0.364. The van der Waals surface area contributed by atoms with Crippen molar-refractivity contribution in [1.82, 2.24) is 4.90 Å². The van der Waals surface area contributed by atoms with Gasteiger partial charge in [-0.25, -0.2) is 0 Å². The van der Waals surface area contributed by atoms with Crippen molar-refractivity contribution in [2.45, 2.75) is 36.8 Å². The number of nitrogens with zero attached hydrogens (tertiary/aromatic N) is 1. The number of benzene rings is 2. The third-order valence-corrected chi connectivity index (χ3v) is 6.00. The number of piperidine rings is 1. The fourth-order valence-corrected chi connectivity index (χ4v) is 4.21. The number of para-hydroxylation sites is 1. The van der Waals surface area contributed by atoms with E-state index in [9.17, 15) is 9.59 Å². The van der Waals surface area contributed by atoms with Crippen LogP contribution in [0.1, 0.15) is 25.3 Å². The summed E-state index contributed by atoms with van der Waals surface area (Å²) in [6, 6.07) is 17.8. The number of hydrogen-bond acceptors (Lipinski definition) is 3. The maximum absolute atomic E-state index is 12.7. The van der Waals surface area contributed by atoms with Gasteiger partial charge in [0, 0.05) is 29.6 Å². The Bertz CT molecular complexity index is 769. The van der Waals surface area contributed by atoms with E-state index in [1.54, 1.807) is 11.8 Å². The van der Waals surface area contributed by atoms with Crippen LogP contribution < -0.4 is 5.32 Å². The van der Waals surface area contributed by atoms with E-state index in [-0.39, 0.29) is 23.0 Å². The molecule has 0 aromatic heterocycles. The summed E-state index contributed by atoms with van der Waals surface area (Å²) in [5.74, 6) is 0.173. The molecule has 0 saturated carbocycles. The van der Waals surface area contributed by atoms with Gasteiger partial charge in [-0.15, -0.1) is 11.8 Å². The molecule has 0 radical (unpaired) electrons. The fourth-order valence-electron chi connectivity index (χ4n) is 3.26. The highest BCUT2D eigenvalue weighted by Crippen LogP contribution is 2.27. The second kappa shape index (κ2) is 9.09. The maximum Gasteiger partial charge on any atom is 0.235 e. The molecule has 0 bridgehead atoms. The molecule has 1 N–H and O–H groups in total. The van der Waals surface area contributed by atoms with Crippen molar-refractivity contribution in [1.29, 1.82) is 0 Å². The smallest absolute Gasteiger partial charge is 0.235 e. The quantitative estimate of drug-likeness (QED) is 0.782. The predicted octanol–water partition coefficient (Wildman–Crippen LogP) is 4.35. The molecule has 1 aliphatic heterocycles. The standard InChI is InChI=1S/C22H26N2O2S/c1-16-8-10-20(11-9-16)27-17(2)22(26)24-14-12-18(13-15-24)21(25)23-19-6-4-3-5-7-19/h3-11,17-18H,12-15H2,1-2H3,(H,23,25)/t17-/m0/s1. The molecule has 0 spiro atoms. The second-order valence-electron chi connectivity index (χ2n) is 7.03. The highest BCUT2D eigenvalue weighted by molar-refractivity contribution is 8.00. The van der Waals surface area contributed by atoms with Gasteiger partial charge in [0.15, 0.2) is 0 Å². The number of aryl methyl sites for hydroxylation is 1. The minimum atomic E-state index is -0.123. The molecule has 1 atom stereocenters. The van der Waals surface area contributed by atoms with Gasteiger partial charge in [0.1, 0.15) is 0 Å². The Hall–Kier alpha value is -2.27. The third kappa shape index (κ3) is 5.36. The Balaban J connectivity index is 1.48. The van der Waals surface area contributed by atoms with Crippen molar-refractivity contribution in [3.8, 4) is 0 Å². The van der Waals surface area contributed by atoms with Crippen LogP contribution in [-0.2, 0) is 9.59 Å². The number of amides is 2. The van der Waals surface area contributed by atoms with Gasteiger partial charge in [0.05, 0.1) is 5.25 Å². The highest BCUT2D eigenvalue weighted by Gasteiger charge is 2.29. The number of carbonyl (C=O) groups excluding carboxylic acids is 2. The molecule has 2 aromatic carbocycles. The topological polar surface area (TPSA) is 49.4 Å². The van der Waals surface area contributed by atoms with E-state index >= 15 is 0 Å². The maximum atomic E-state index is 12.7. The summed E-state index contributed by atoms with van der Waals surface area (Å²) in [5.41, 5.74) is 2.04. The normalized spacial score (nSPS) is 16.0. The van der Waals surface area contributed by atoms with Crippen LogP contribution in [0.15, 0.2) is 59.5 Å². The number of likely N-dealkylation sites (tertiary alicyclic amines) is 1. The Morgan fingerprint density at radius 2 is 1.67 bits per heavy atom. The van der Waals surface area contributed by atoms with Crippen molar-refractivity contribution in [3.05, 3.63) is 60.2 Å². The zero-order valence-electron chi connectivity index (χ0n) is 15.9. The second-order valence-corrected chi connectivity index (χ2v) is 8.44. The highest BCUT2D eigenvalue weighted by atomic mass is 32.2. The number of rotatable bonds is 5. The van der Waals surface area contributed by atoms with Gasteiger partial charge >= 0.3 is 0 Å². The van der Waals surface area contributed by atoms with Gasteiger partial charge in [-0.2, -0.15) is 0 Å². The van der Waals surface area contributed by atoms with E-state index in [1.165, 1.54) is 5.56 Å². The van der Waals surface area contributed by atoms with Crippen LogP contribution in [0.5, 0.6) is 0 Å². The van der Waals surface area contributed by atoms with Crippen LogP contribution in [0.2, 0.25) is 0 Å². The van der Waals surface area contributed by atoms with Gasteiger partial charge in [0.2, 0.25) is 11.8 Å². The van der Waals surface area contributed by atoms with Gasteiger partial charge in [0.25, 0.3) is 0 Å². The molecule has 142 valence electrons. The molecule has 2 aromatic rings. The summed E-state index contributed by atoms with van der Waals surface area (Å²) in [6.45, 7) is 5.30. The first-order chi connectivity index (χ1) is 13.0. The Kier molecular flexibility index (Phi) is 6.56. The number of thioether (sulfide) groups is 1. The van der Waals surface area contributed by atoms with Crippen LogP contribution in [0.3, 0.4) is 0 Å². The van der Waals surface area contributed by atoms with Gasteiger partial charge in [-0.05, 0) is 51.0 Å². The summed E-state index contributed by atoms with van der Waals surface area (Å²) in [7, 11) is 0. The first-order valence-corrected chi connectivity index (χ1v) is 10.3. The minimum absolute atomic E-state index is 0.0330. The van der Waals surface area contributed by atoms with Gasteiger partial charge in [-0.1, -0.05) is 35.9 Å². The molecule has 3 rings (SSSR count). The molecule has 1 saturated heterocycles. The Morgan fingerprint density at radius 3 is 2.30 bits per heavy atom. The van der Waals surface area contributed by atoms with E-state index < -0.39 is 0 Å². The SMILES string of the molecule is Cc1ccc(S[C@@H](C)C(=O)N2CCC(C(=O)Nc3ccccc3)CC2)cc1. The predicted molar refractivity (Wildman–Crippen MR) is 111 cm³/mol. The lowest BCUT2D eigenvalue weighted by atomic mass is 9.95. The monoisotopic (exact) mass is 382 g/mol. The third-order valence-electron chi connectivity index (χ3n) is 4.90. The molecule has 27 heavy (non-hydrogen) atoms. The largest absolute Gasteiger partial charge is 0.342 e. The molecular formula is C22H26N2O2S. The van der Waals surface area contributed by atoms with E-state index in [4.69, 9.17) is 0 Å². The summed E-state index contributed by atoms with van der Waals surface area (Å²) < 4.78 is 0. The van der Waals surface area contributed by atoms with Crippen molar-refractivity contribution in [2.75, 3.05) is 18.4 Å². The average molecular weight is 383 g/mol. The Morgan fingerprint density at radius 1 is 1.04 bits per heavy atom. The zero-order valence-corrected chi connectivity index (χ0v) is 16.7. The molecule has 1 aliphatic rings. The average Bonchev–Trinajstić information content (AvgIpc) is 2.70. The summed E-state index contributed by atoms with van der Waals surface area (Å²) in [5, 5.41) is 2.85. The molecule has 0 unspecified atom stereocenters. The van der Waals surface area contributed by atoms with Crippen molar-refractivity contribution < 1.29 is 9.59 Å². The van der Waals surface area contributed by atoms with E-state index in [1.807, 2.05) is 42.2 Å². The molecule has 4 nitrogen and oxygen atoms in total. The summed E-state index contributed by atoms with van der Waals surface area (Å²) >= 11 is 1.59. The number of anilines is 1. The van der Waals surface area contributed by atoms with Gasteiger partial charge < -0.3 is 10.2 Å². The first kappa shape index (κ1) is 19.5. The molecular weight excluding hydrogens is 356 g/mol. The Labute approximate surface area is 165 Å². The van der Waals surface area contributed by atoms with Crippen LogP contribution in [0, 0.1) is 12.8 Å². The molecule has 5 heteroatoms. The molecule has 0 aliphatic carbocycles. The van der Waals surface area contributed by atoms with Crippen molar-refractivity contribution in [2.24, 2.45) is 5.92 Å². The van der Waals surface area contributed by atoms with Crippen LogP contribution in [0.25, 0.3) is 0 Å². The lowest BCUT2D eigenvalue weighted by Gasteiger charge is -2.33.